The van der Waals surface area contributed by atoms with E-state index in [9.17, 15) is 0 Å². The monoisotopic (exact) mass is 307 g/mol. The molecule has 0 aliphatic rings. The normalized spacial score (nSPS) is 12.3. The quantitative estimate of drug-likeness (QED) is 0.587. The number of hydrogen-bond donors (Lipinski definition) is 1. The molecule has 0 bridgehead atoms. The van der Waals surface area contributed by atoms with Crippen molar-refractivity contribution in [2.75, 3.05) is 5.73 Å². The number of benzene rings is 2. The predicted molar refractivity (Wildman–Crippen MR) is 89.2 cm³/mol. The van der Waals surface area contributed by atoms with Crippen molar-refractivity contribution in [2.45, 2.75) is 6.92 Å². The zero-order valence-electron chi connectivity index (χ0n) is 11.9. The summed E-state index contributed by atoms with van der Waals surface area (Å²) in [7, 11) is 0. The van der Waals surface area contributed by atoms with Crippen LogP contribution in [0.1, 0.15) is 5.56 Å². The Morgan fingerprint density at radius 1 is 1.09 bits per heavy atom. The summed E-state index contributed by atoms with van der Waals surface area (Å²) in [6.07, 6.45) is 0. The van der Waals surface area contributed by atoms with Gasteiger partial charge in [-0.1, -0.05) is 35.6 Å². The van der Waals surface area contributed by atoms with E-state index in [2.05, 4.69) is 40.1 Å². The van der Waals surface area contributed by atoms with Gasteiger partial charge in [-0.25, -0.2) is 4.99 Å². The zero-order chi connectivity index (χ0) is 15.1. The molecule has 108 valence electrons. The molecule has 0 saturated heterocycles. The second kappa shape index (κ2) is 4.92. The van der Waals surface area contributed by atoms with Crippen LogP contribution in [0.2, 0.25) is 0 Å². The van der Waals surface area contributed by atoms with Gasteiger partial charge in [0.15, 0.2) is 0 Å². The minimum Gasteiger partial charge on any atom is -0.368 e. The van der Waals surface area contributed by atoms with Gasteiger partial charge in [-0.2, -0.15) is 9.97 Å². The Bertz CT molecular complexity index is 1050. The number of nitrogens with two attached hydrogens (primary N) is 1. The van der Waals surface area contributed by atoms with Crippen molar-refractivity contribution in [3.8, 4) is 0 Å². The third kappa shape index (κ3) is 2.14. The second-order valence-electron chi connectivity index (χ2n) is 5.02. The molecule has 22 heavy (non-hydrogen) atoms. The summed E-state index contributed by atoms with van der Waals surface area (Å²) < 4.78 is 3.09. The largest absolute Gasteiger partial charge is 0.368 e. The number of anilines is 1. The standard InChI is InChI=1S/C16H13N5S/c1-10-7-8-12-13(9-10)22-16-20-14(17)19-15(21(12)16)18-11-5-3-2-4-6-11/h2-9H,1H3,(H2,17,18,19). The summed E-state index contributed by atoms with van der Waals surface area (Å²) in [6.45, 7) is 2.07. The van der Waals surface area contributed by atoms with Gasteiger partial charge in [0.2, 0.25) is 16.5 Å². The van der Waals surface area contributed by atoms with Crippen molar-refractivity contribution in [3.05, 3.63) is 59.7 Å². The molecule has 0 fully saturated rings. The van der Waals surface area contributed by atoms with Crippen LogP contribution < -0.4 is 11.4 Å². The number of para-hydroxylation sites is 1. The predicted octanol–water partition coefficient (Wildman–Crippen LogP) is 3.07. The number of nitrogen functional groups attached to an aromatic ring is 1. The van der Waals surface area contributed by atoms with Gasteiger partial charge in [-0.3, -0.25) is 4.40 Å². The lowest BCUT2D eigenvalue weighted by atomic mass is 10.2. The highest BCUT2D eigenvalue weighted by Crippen LogP contribution is 2.25. The summed E-state index contributed by atoms with van der Waals surface area (Å²) in [5, 5.41) is 0. The number of rotatable bonds is 1. The highest BCUT2D eigenvalue weighted by atomic mass is 32.1. The van der Waals surface area contributed by atoms with Crippen molar-refractivity contribution in [1.82, 2.24) is 14.4 Å². The summed E-state index contributed by atoms with van der Waals surface area (Å²) >= 11 is 1.59. The first-order valence-corrected chi connectivity index (χ1v) is 7.67. The molecule has 0 amide bonds. The molecular weight excluding hydrogens is 294 g/mol. The minimum absolute atomic E-state index is 0.234. The van der Waals surface area contributed by atoms with Crippen molar-refractivity contribution in [1.29, 1.82) is 0 Å². The van der Waals surface area contributed by atoms with Crippen LogP contribution in [0.15, 0.2) is 53.5 Å². The Kier molecular flexibility index (Phi) is 2.90. The summed E-state index contributed by atoms with van der Waals surface area (Å²) in [6, 6.07) is 16.0. The molecule has 2 aromatic carbocycles. The smallest absolute Gasteiger partial charge is 0.240 e. The van der Waals surface area contributed by atoms with E-state index >= 15 is 0 Å². The Hall–Kier alpha value is -2.73. The number of hydrogen-bond acceptors (Lipinski definition) is 5. The van der Waals surface area contributed by atoms with E-state index in [0.29, 0.717) is 5.62 Å². The Morgan fingerprint density at radius 2 is 1.91 bits per heavy atom. The molecule has 0 aliphatic heterocycles. The summed E-state index contributed by atoms with van der Waals surface area (Å²) in [4.78, 5) is 14.1. The van der Waals surface area contributed by atoms with Crippen LogP contribution in [-0.2, 0) is 0 Å². The van der Waals surface area contributed by atoms with E-state index in [-0.39, 0.29) is 5.95 Å². The third-order valence-electron chi connectivity index (χ3n) is 3.36. The minimum atomic E-state index is 0.234. The topological polar surface area (TPSA) is 68.6 Å². The maximum absolute atomic E-state index is 5.84. The van der Waals surface area contributed by atoms with E-state index in [1.165, 1.54) is 5.56 Å². The highest BCUT2D eigenvalue weighted by molar-refractivity contribution is 7.23. The van der Waals surface area contributed by atoms with Gasteiger partial charge in [0, 0.05) is 0 Å². The average molecular weight is 307 g/mol. The molecule has 2 aromatic heterocycles. The maximum Gasteiger partial charge on any atom is 0.240 e. The lowest BCUT2D eigenvalue weighted by Crippen LogP contribution is -2.20. The number of aromatic nitrogens is 3. The molecule has 4 rings (SSSR count). The third-order valence-corrected chi connectivity index (χ3v) is 4.36. The molecule has 2 heterocycles. The number of fused-ring (bicyclic) bond motifs is 3. The van der Waals surface area contributed by atoms with Gasteiger partial charge in [0.1, 0.15) is 0 Å². The number of aryl methyl sites for hydroxylation is 1. The number of nitrogens with zero attached hydrogens (tertiary/aromatic N) is 4. The average Bonchev–Trinajstić information content (AvgIpc) is 2.85. The SMILES string of the molecule is Cc1ccc2c(c1)sc1nc(N)n/c(=N\c3ccccc3)n12. The van der Waals surface area contributed by atoms with Crippen LogP contribution >= 0.6 is 11.3 Å². The first-order valence-electron chi connectivity index (χ1n) is 6.86. The van der Waals surface area contributed by atoms with Gasteiger partial charge in [0.25, 0.3) is 0 Å². The van der Waals surface area contributed by atoms with Crippen LogP contribution in [0.25, 0.3) is 15.2 Å². The molecule has 0 aliphatic carbocycles. The van der Waals surface area contributed by atoms with E-state index in [4.69, 9.17) is 5.73 Å². The van der Waals surface area contributed by atoms with Crippen molar-refractivity contribution in [2.24, 2.45) is 4.99 Å². The fourth-order valence-electron chi connectivity index (χ4n) is 2.37. The maximum atomic E-state index is 5.84. The molecule has 0 spiro atoms. The molecule has 6 heteroatoms. The van der Waals surface area contributed by atoms with Crippen LogP contribution in [0.3, 0.4) is 0 Å². The molecule has 2 N–H and O–H groups in total. The van der Waals surface area contributed by atoms with Gasteiger partial charge in [-0.05, 0) is 36.8 Å². The van der Waals surface area contributed by atoms with E-state index in [1.807, 2.05) is 34.7 Å². The first kappa shape index (κ1) is 13.0. The first-order chi connectivity index (χ1) is 10.7. The van der Waals surface area contributed by atoms with E-state index < -0.39 is 0 Å². The van der Waals surface area contributed by atoms with Crippen LogP contribution in [0.5, 0.6) is 0 Å². The van der Waals surface area contributed by atoms with Gasteiger partial charge in [0.05, 0.1) is 15.9 Å². The van der Waals surface area contributed by atoms with Crippen LogP contribution in [-0.4, -0.2) is 14.4 Å². The molecule has 0 atom stereocenters. The summed E-state index contributed by atoms with van der Waals surface area (Å²) in [5.74, 6) is 0.234. The fourth-order valence-corrected chi connectivity index (χ4v) is 3.49. The fraction of sp³-hybridized carbons (Fsp3) is 0.0625. The van der Waals surface area contributed by atoms with E-state index in [0.717, 1.165) is 20.9 Å². The second-order valence-corrected chi connectivity index (χ2v) is 6.03. The van der Waals surface area contributed by atoms with Crippen molar-refractivity contribution >= 4 is 38.2 Å². The van der Waals surface area contributed by atoms with Gasteiger partial charge < -0.3 is 5.73 Å². The molecule has 4 aromatic rings. The van der Waals surface area contributed by atoms with Crippen LogP contribution in [0, 0.1) is 6.92 Å². The van der Waals surface area contributed by atoms with Gasteiger partial charge in [-0.15, -0.1) is 0 Å². The molecule has 0 unspecified atom stereocenters. The number of thiazole rings is 1. The van der Waals surface area contributed by atoms with Gasteiger partial charge >= 0.3 is 0 Å². The Balaban J connectivity index is 2.13. The lowest BCUT2D eigenvalue weighted by Gasteiger charge is -1.99. The summed E-state index contributed by atoms with van der Waals surface area (Å²) in [5.41, 5.74) is 9.47. The van der Waals surface area contributed by atoms with Crippen molar-refractivity contribution in [3.63, 3.8) is 0 Å². The van der Waals surface area contributed by atoms with E-state index in [1.54, 1.807) is 11.3 Å². The molecule has 0 saturated carbocycles. The molecular formula is C16H13N5S. The van der Waals surface area contributed by atoms with Crippen molar-refractivity contribution < 1.29 is 0 Å². The zero-order valence-corrected chi connectivity index (χ0v) is 12.7. The van der Waals surface area contributed by atoms with Crippen LogP contribution in [0.4, 0.5) is 11.6 Å². The molecule has 5 nitrogen and oxygen atoms in total. The Morgan fingerprint density at radius 3 is 2.73 bits per heavy atom. The highest BCUT2D eigenvalue weighted by Gasteiger charge is 2.09. The Labute approximate surface area is 130 Å². The molecule has 0 radical (unpaired) electrons. The lowest BCUT2D eigenvalue weighted by molar-refractivity contribution is 0.947.